The van der Waals surface area contributed by atoms with E-state index in [1.165, 1.54) is 5.56 Å². The molecule has 1 aromatic rings. The van der Waals surface area contributed by atoms with E-state index in [0.29, 0.717) is 12.6 Å². The van der Waals surface area contributed by atoms with E-state index < -0.39 is 0 Å². The normalized spacial score (nSPS) is 14.2. The van der Waals surface area contributed by atoms with Gasteiger partial charge in [0.2, 0.25) is 0 Å². The molecule has 2 unspecified atom stereocenters. The molecule has 0 aromatic heterocycles. The lowest BCUT2D eigenvalue weighted by molar-refractivity contribution is -0.146. The lowest BCUT2D eigenvalue weighted by Gasteiger charge is -2.31. The number of hydrogen-bond acceptors (Lipinski definition) is 3. The van der Waals surface area contributed by atoms with Gasteiger partial charge in [-0.1, -0.05) is 38.1 Å². The number of ether oxygens (including phenoxy) is 1. The molecule has 0 spiro atoms. The highest BCUT2D eigenvalue weighted by molar-refractivity contribution is 5.77. The molecule has 0 saturated carbocycles. The van der Waals surface area contributed by atoms with E-state index in [1.807, 2.05) is 19.1 Å². The van der Waals surface area contributed by atoms with Crippen molar-refractivity contribution in [1.29, 1.82) is 0 Å². The van der Waals surface area contributed by atoms with Crippen molar-refractivity contribution in [2.75, 3.05) is 13.2 Å². The van der Waals surface area contributed by atoms with Crippen LogP contribution in [-0.2, 0) is 16.0 Å². The number of hydrogen-bond donors (Lipinski definition) is 0. The van der Waals surface area contributed by atoms with E-state index in [1.54, 1.807) is 0 Å². The van der Waals surface area contributed by atoms with Gasteiger partial charge in [0, 0.05) is 12.1 Å². The van der Waals surface area contributed by atoms with Gasteiger partial charge in [0.1, 0.15) is 6.61 Å². The molecular formula is C19H31NO2. The van der Waals surface area contributed by atoms with Crippen LogP contribution in [0, 0.1) is 0 Å². The Balaban J connectivity index is 2.56. The maximum Gasteiger partial charge on any atom is 0.313 e. The number of rotatable bonds is 8. The molecule has 0 N–H and O–H groups in total. The molecule has 0 bridgehead atoms. The Morgan fingerprint density at radius 1 is 1.09 bits per heavy atom. The van der Waals surface area contributed by atoms with Gasteiger partial charge >= 0.3 is 5.97 Å². The summed E-state index contributed by atoms with van der Waals surface area (Å²) < 4.78 is 5.53. The van der Waals surface area contributed by atoms with Crippen molar-refractivity contribution in [2.45, 2.75) is 66.0 Å². The first-order valence-corrected chi connectivity index (χ1v) is 8.41. The van der Waals surface area contributed by atoms with Gasteiger partial charge in [-0.2, -0.15) is 0 Å². The van der Waals surface area contributed by atoms with Crippen LogP contribution in [0.3, 0.4) is 0 Å². The average Bonchev–Trinajstić information content (AvgIpc) is 2.52. The lowest BCUT2D eigenvalue weighted by Crippen LogP contribution is -2.41. The summed E-state index contributed by atoms with van der Waals surface area (Å²) in [5.41, 5.74) is 2.31. The fraction of sp³-hybridized carbons (Fsp3) is 0.632. The Morgan fingerprint density at radius 3 is 2.14 bits per heavy atom. The van der Waals surface area contributed by atoms with Crippen LogP contribution in [0.2, 0.25) is 0 Å². The number of benzene rings is 1. The smallest absolute Gasteiger partial charge is 0.313 e. The maximum absolute atomic E-state index is 12.2. The fourth-order valence-corrected chi connectivity index (χ4v) is 2.79. The second-order valence-corrected chi connectivity index (χ2v) is 6.22. The molecule has 0 aliphatic carbocycles. The summed E-state index contributed by atoms with van der Waals surface area (Å²) in [7, 11) is 0. The summed E-state index contributed by atoms with van der Waals surface area (Å²) in [4.78, 5) is 14.6. The summed E-state index contributed by atoms with van der Waals surface area (Å²) in [5.74, 6) is -0.358. The van der Waals surface area contributed by atoms with Crippen LogP contribution in [0.4, 0.5) is 0 Å². The van der Waals surface area contributed by atoms with Crippen LogP contribution >= 0.6 is 0 Å². The van der Waals surface area contributed by atoms with Crippen molar-refractivity contribution in [3.8, 4) is 0 Å². The first-order valence-electron chi connectivity index (χ1n) is 8.41. The molecule has 124 valence electrons. The highest BCUT2D eigenvalue weighted by atomic mass is 16.5. The Hall–Kier alpha value is -1.35. The number of aryl methyl sites for hydroxylation is 1. The molecule has 0 aliphatic heterocycles. The second kappa shape index (κ2) is 8.94. The van der Waals surface area contributed by atoms with Gasteiger partial charge < -0.3 is 4.74 Å². The van der Waals surface area contributed by atoms with Crippen molar-refractivity contribution >= 4 is 5.97 Å². The first kappa shape index (κ1) is 18.7. The van der Waals surface area contributed by atoms with Gasteiger partial charge in [-0.25, -0.2) is 0 Å². The van der Waals surface area contributed by atoms with E-state index in [2.05, 4.69) is 51.7 Å². The molecule has 0 saturated heterocycles. The summed E-state index contributed by atoms with van der Waals surface area (Å²) in [6, 6.07) is 8.92. The SMILES string of the molecule is CCc1ccc(C(C)C(=O)OCC(C)N(CC)C(C)C)cc1. The van der Waals surface area contributed by atoms with Crippen LogP contribution < -0.4 is 0 Å². The third-order valence-corrected chi connectivity index (χ3v) is 4.30. The molecule has 3 heteroatoms. The zero-order valence-corrected chi connectivity index (χ0v) is 14.9. The molecule has 0 aliphatic rings. The highest BCUT2D eigenvalue weighted by Crippen LogP contribution is 2.18. The molecule has 0 radical (unpaired) electrons. The minimum Gasteiger partial charge on any atom is -0.464 e. The third-order valence-electron chi connectivity index (χ3n) is 4.30. The van der Waals surface area contributed by atoms with E-state index in [-0.39, 0.29) is 17.9 Å². The Kier molecular flexibility index (Phi) is 7.60. The van der Waals surface area contributed by atoms with Crippen molar-refractivity contribution in [3.63, 3.8) is 0 Å². The number of esters is 1. The Labute approximate surface area is 135 Å². The summed E-state index contributed by atoms with van der Waals surface area (Å²) >= 11 is 0. The number of likely N-dealkylation sites (N-methyl/N-ethyl adjacent to an activating group) is 1. The van der Waals surface area contributed by atoms with Crippen LogP contribution in [-0.4, -0.2) is 36.1 Å². The van der Waals surface area contributed by atoms with Gasteiger partial charge in [0.25, 0.3) is 0 Å². The second-order valence-electron chi connectivity index (χ2n) is 6.22. The molecule has 22 heavy (non-hydrogen) atoms. The van der Waals surface area contributed by atoms with Crippen molar-refractivity contribution in [2.24, 2.45) is 0 Å². The third kappa shape index (κ3) is 5.13. The molecule has 0 amide bonds. The van der Waals surface area contributed by atoms with E-state index >= 15 is 0 Å². The monoisotopic (exact) mass is 305 g/mol. The first-order chi connectivity index (χ1) is 10.4. The van der Waals surface area contributed by atoms with Gasteiger partial charge in [0.05, 0.1) is 5.92 Å². The summed E-state index contributed by atoms with van der Waals surface area (Å²) in [6.07, 6.45) is 1.01. The zero-order chi connectivity index (χ0) is 16.7. The molecule has 1 rings (SSSR count). The van der Waals surface area contributed by atoms with Crippen LogP contribution in [0.5, 0.6) is 0 Å². The standard InChI is InChI=1S/C19H31NO2/c1-7-17-9-11-18(12-10-17)16(6)19(21)22-13-15(5)20(8-2)14(3)4/h9-12,14-16H,7-8,13H2,1-6H3. The Morgan fingerprint density at radius 2 is 1.68 bits per heavy atom. The van der Waals surface area contributed by atoms with E-state index in [4.69, 9.17) is 4.74 Å². The average molecular weight is 305 g/mol. The number of carbonyl (C=O) groups is 1. The Bertz CT molecular complexity index is 453. The zero-order valence-electron chi connectivity index (χ0n) is 14.9. The molecule has 0 heterocycles. The molecule has 0 fully saturated rings. The quantitative estimate of drug-likeness (QED) is 0.680. The molecule has 1 aromatic carbocycles. The minimum atomic E-state index is -0.216. The van der Waals surface area contributed by atoms with E-state index in [0.717, 1.165) is 18.5 Å². The van der Waals surface area contributed by atoms with E-state index in [9.17, 15) is 4.79 Å². The van der Waals surface area contributed by atoms with Gasteiger partial charge in [-0.15, -0.1) is 0 Å². The summed E-state index contributed by atoms with van der Waals surface area (Å²) in [5, 5.41) is 0. The summed E-state index contributed by atoms with van der Waals surface area (Å²) in [6.45, 7) is 14.0. The van der Waals surface area contributed by atoms with Crippen LogP contribution in [0.1, 0.15) is 58.6 Å². The van der Waals surface area contributed by atoms with Gasteiger partial charge in [-0.05, 0) is 51.8 Å². The topological polar surface area (TPSA) is 29.5 Å². The van der Waals surface area contributed by atoms with Crippen molar-refractivity contribution in [1.82, 2.24) is 4.90 Å². The van der Waals surface area contributed by atoms with Gasteiger partial charge in [0.15, 0.2) is 0 Å². The van der Waals surface area contributed by atoms with Crippen LogP contribution in [0.25, 0.3) is 0 Å². The largest absolute Gasteiger partial charge is 0.464 e. The molecule has 2 atom stereocenters. The molecule has 3 nitrogen and oxygen atoms in total. The predicted octanol–water partition coefficient (Wildman–Crippen LogP) is 4.01. The predicted molar refractivity (Wildman–Crippen MR) is 92.2 cm³/mol. The van der Waals surface area contributed by atoms with Crippen molar-refractivity contribution in [3.05, 3.63) is 35.4 Å². The molecular weight excluding hydrogens is 274 g/mol. The lowest BCUT2D eigenvalue weighted by atomic mass is 9.99. The minimum absolute atomic E-state index is 0.143. The maximum atomic E-state index is 12.2. The fourth-order valence-electron chi connectivity index (χ4n) is 2.79. The van der Waals surface area contributed by atoms with Gasteiger partial charge in [-0.3, -0.25) is 9.69 Å². The van der Waals surface area contributed by atoms with Crippen molar-refractivity contribution < 1.29 is 9.53 Å². The number of nitrogens with zero attached hydrogens (tertiary/aromatic N) is 1. The highest BCUT2D eigenvalue weighted by Gasteiger charge is 2.20. The number of carbonyl (C=O) groups excluding carboxylic acids is 1. The van der Waals surface area contributed by atoms with Crippen LogP contribution in [0.15, 0.2) is 24.3 Å².